The third kappa shape index (κ3) is 2.62. The monoisotopic (exact) mass is 390 g/mol. The van der Waals surface area contributed by atoms with E-state index in [-0.39, 0.29) is 0 Å². The molecule has 0 aliphatic heterocycles. The van der Waals surface area contributed by atoms with E-state index in [2.05, 4.69) is 35.1 Å². The van der Waals surface area contributed by atoms with Gasteiger partial charge in [0, 0.05) is 42.1 Å². The molecule has 0 saturated carbocycles. The number of nitrogens with zero attached hydrogens (tertiary/aromatic N) is 6. The van der Waals surface area contributed by atoms with Gasteiger partial charge in [-0.3, -0.25) is 15.1 Å². The van der Waals surface area contributed by atoms with Gasteiger partial charge in [-0.1, -0.05) is 6.07 Å². The number of hydrogen-bond acceptors (Lipinski definition) is 6. The Bertz CT molecular complexity index is 1490. The Kier molecular flexibility index (Phi) is 3.60. The molecule has 2 N–H and O–H groups in total. The van der Waals surface area contributed by atoms with Crippen molar-refractivity contribution in [2.24, 2.45) is 0 Å². The second kappa shape index (κ2) is 6.56. The SMILES string of the molecule is c1ccc(-c2cnc3n[nH]c(-c4nc5nccc(-c6ccncc6)c5[nH]4)c3c2)nc1. The normalized spacial score (nSPS) is 11.3. The van der Waals surface area contributed by atoms with Crippen molar-refractivity contribution < 1.29 is 0 Å². The first kappa shape index (κ1) is 16.5. The van der Waals surface area contributed by atoms with Gasteiger partial charge in [-0.2, -0.15) is 5.10 Å². The van der Waals surface area contributed by atoms with Gasteiger partial charge in [-0.25, -0.2) is 15.0 Å². The van der Waals surface area contributed by atoms with Gasteiger partial charge in [0.1, 0.15) is 5.69 Å². The zero-order valence-corrected chi connectivity index (χ0v) is 15.6. The van der Waals surface area contributed by atoms with Crippen LogP contribution in [0.1, 0.15) is 0 Å². The number of hydrogen-bond donors (Lipinski definition) is 2. The smallest absolute Gasteiger partial charge is 0.181 e. The lowest BCUT2D eigenvalue weighted by Crippen LogP contribution is -1.86. The lowest BCUT2D eigenvalue weighted by atomic mass is 10.1. The summed E-state index contributed by atoms with van der Waals surface area (Å²) in [6, 6.07) is 13.7. The summed E-state index contributed by atoms with van der Waals surface area (Å²) in [4.78, 5) is 25.5. The minimum Gasteiger partial charge on any atom is -0.335 e. The topological polar surface area (TPSA) is 109 Å². The molecular formula is C22H14N8. The molecule has 0 unspecified atom stereocenters. The number of aromatic nitrogens is 8. The summed E-state index contributed by atoms with van der Waals surface area (Å²) in [6.07, 6.45) is 8.84. The standard InChI is InChI=1S/C22H14N8/c1-2-7-24-17(3-1)14-11-16-19(29-30-20(16)26-12-14)22-27-18-15(6-10-25-21(18)28-22)13-4-8-23-9-5-13/h1-12H,(H,25,27,28)(H,26,29,30). The van der Waals surface area contributed by atoms with Gasteiger partial charge in [0.2, 0.25) is 0 Å². The lowest BCUT2D eigenvalue weighted by molar-refractivity contribution is 1.09. The minimum absolute atomic E-state index is 0.618. The molecule has 30 heavy (non-hydrogen) atoms. The zero-order chi connectivity index (χ0) is 19.9. The van der Waals surface area contributed by atoms with Crippen molar-refractivity contribution in [3.8, 4) is 33.9 Å². The maximum atomic E-state index is 4.70. The average Bonchev–Trinajstić information content (AvgIpc) is 3.43. The largest absolute Gasteiger partial charge is 0.335 e. The Labute approximate surface area is 170 Å². The van der Waals surface area contributed by atoms with Crippen LogP contribution in [0.4, 0.5) is 0 Å². The van der Waals surface area contributed by atoms with Crippen LogP contribution in [-0.4, -0.2) is 40.1 Å². The average molecular weight is 390 g/mol. The molecule has 0 aliphatic carbocycles. The highest BCUT2D eigenvalue weighted by Gasteiger charge is 2.16. The summed E-state index contributed by atoms with van der Waals surface area (Å²) >= 11 is 0. The molecule has 0 radical (unpaired) electrons. The van der Waals surface area contributed by atoms with E-state index in [1.165, 1.54) is 0 Å². The van der Waals surface area contributed by atoms with E-state index < -0.39 is 0 Å². The van der Waals surface area contributed by atoms with Crippen molar-refractivity contribution in [3.05, 3.63) is 73.4 Å². The Balaban J connectivity index is 1.52. The molecule has 0 saturated heterocycles. The summed E-state index contributed by atoms with van der Waals surface area (Å²) in [5.41, 5.74) is 6.69. The number of H-pyrrole nitrogens is 2. The van der Waals surface area contributed by atoms with E-state index >= 15 is 0 Å². The Morgan fingerprint density at radius 2 is 1.70 bits per heavy atom. The number of rotatable bonds is 3. The molecule has 0 amide bonds. The number of aromatic amines is 2. The van der Waals surface area contributed by atoms with E-state index in [4.69, 9.17) is 4.98 Å². The molecule has 0 atom stereocenters. The van der Waals surface area contributed by atoms with Crippen molar-refractivity contribution in [1.29, 1.82) is 0 Å². The molecular weight excluding hydrogens is 376 g/mol. The fraction of sp³-hybridized carbons (Fsp3) is 0. The summed E-state index contributed by atoms with van der Waals surface area (Å²) in [6.45, 7) is 0. The van der Waals surface area contributed by atoms with E-state index in [1.54, 1.807) is 31.0 Å². The molecule has 6 aromatic heterocycles. The number of nitrogens with one attached hydrogen (secondary N) is 2. The highest BCUT2D eigenvalue weighted by atomic mass is 15.2. The fourth-order valence-corrected chi connectivity index (χ4v) is 3.56. The molecule has 0 aromatic carbocycles. The van der Waals surface area contributed by atoms with Gasteiger partial charge in [0.25, 0.3) is 0 Å². The van der Waals surface area contributed by atoms with Crippen molar-refractivity contribution in [1.82, 2.24) is 40.1 Å². The summed E-state index contributed by atoms with van der Waals surface area (Å²) in [5, 5.41) is 8.26. The van der Waals surface area contributed by atoms with E-state index in [9.17, 15) is 0 Å². The highest BCUT2D eigenvalue weighted by Crippen LogP contribution is 2.31. The first-order chi connectivity index (χ1) is 14.9. The van der Waals surface area contributed by atoms with Crippen LogP contribution in [0.2, 0.25) is 0 Å². The molecule has 6 rings (SSSR count). The third-order valence-electron chi connectivity index (χ3n) is 4.99. The Morgan fingerprint density at radius 1 is 0.767 bits per heavy atom. The van der Waals surface area contributed by atoms with Gasteiger partial charge in [0.15, 0.2) is 17.1 Å². The first-order valence-corrected chi connectivity index (χ1v) is 9.38. The van der Waals surface area contributed by atoms with E-state index in [1.807, 2.05) is 42.5 Å². The first-order valence-electron chi connectivity index (χ1n) is 9.38. The van der Waals surface area contributed by atoms with Gasteiger partial charge >= 0.3 is 0 Å². The molecule has 0 fully saturated rings. The molecule has 8 nitrogen and oxygen atoms in total. The summed E-state index contributed by atoms with van der Waals surface area (Å²) in [5.74, 6) is 0.654. The van der Waals surface area contributed by atoms with Gasteiger partial charge < -0.3 is 4.98 Å². The van der Waals surface area contributed by atoms with E-state index in [0.717, 1.165) is 39.0 Å². The summed E-state index contributed by atoms with van der Waals surface area (Å²) in [7, 11) is 0. The highest BCUT2D eigenvalue weighted by molar-refractivity contribution is 5.95. The molecule has 0 aliphatic rings. The fourth-order valence-electron chi connectivity index (χ4n) is 3.56. The van der Waals surface area contributed by atoms with Crippen molar-refractivity contribution in [2.75, 3.05) is 0 Å². The Morgan fingerprint density at radius 3 is 2.57 bits per heavy atom. The predicted octanol–water partition coefficient (Wildman–Crippen LogP) is 4.02. The quantitative estimate of drug-likeness (QED) is 0.472. The van der Waals surface area contributed by atoms with Gasteiger partial charge in [0.05, 0.1) is 16.6 Å². The van der Waals surface area contributed by atoms with Crippen molar-refractivity contribution in [2.45, 2.75) is 0 Å². The number of imidazole rings is 1. The second-order valence-corrected chi connectivity index (χ2v) is 6.79. The number of fused-ring (bicyclic) bond motifs is 2. The molecule has 0 spiro atoms. The van der Waals surface area contributed by atoms with Crippen molar-refractivity contribution in [3.63, 3.8) is 0 Å². The summed E-state index contributed by atoms with van der Waals surface area (Å²) < 4.78 is 0. The molecule has 8 heteroatoms. The third-order valence-corrected chi connectivity index (χ3v) is 4.99. The predicted molar refractivity (Wildman–Crippen MR) is 113 cm³/mol. The van der Waals surface area contributed by atoms with Crippen LogP contribution in [-0.2, 0) is 0 Å². The maximum absolute atomic E-state index is 4.70. The Hall–Kier alpha value is -4.46. The molecule has 6 aromatic rings. The number of pyridine rings is 4. The van der Waals surface area contributed by atoms with Crippen LogP contribution in [0, 0.1) is 0 Å². The van der Waals surface area contributed by atoms with Crippen LogP contribution < -0.4 is 0 Å². The van der Waals surface area contributed by atoms with Crippen LogP contribution >= 0.6 is 0 Å². The molecule has 142 valence electrons. The van der Waals surface area contributed by atoms with Crippen LogP contribution in [0.25, 0.3) is 56.1 Å². The maximum Gasteiger partial charge on any atom is 0.181 e. The van der Waals surface area contributed by atoms with Crippen molar-refractivity contribution >= 4 is 22.2 Å². The van der Waals surface area contributed by atoms with Crippen LogP contribution in [0.3, 0.4) is 0 Å². The van der Waals surface area contributed by atoms with Gasteiger partial charge in [-0.15, -0.1) is 0 Å². The lowest BCUT2D eigenvalue weighted by Gasteiger charge is -2.01. The van der Waals surface area contributed by atoms with Gasteiger partial charge in [-0.05, 0) is 42.0 Å². The molecule has 6 heterocycles. The van der Waals surface area contributed by atoms with Crippen LogP contribution in [0.5, 0.6) is 0 Å². The zero-order valence-electron chi connectivity index (χ0n) is 15.6. The van der Waals surface area contributed by atoms with Crippen LogP contribution in [0.15, 0.2) is 73.4 Å². The van der Waals surface area contributed by atoms with E-state index in [0.29, 0.717) is 17.1 Å². The second-order valence-electron chi connectivity index (χ2n) is 6.79. The minimum atomic E-state index is 0.618. The molecule has 0 bridgehead atoms.